The van der Waals surface area contributed by atoms with Gasteiger partial charge in [-0.15, -0.1) is 0 Å². The largest absolute Gasteiger partial charge is 0.497 e. The zero-order valence-corrected chi connectivity index (χ0v) is 22.2. The van der Waals surface area contributed by atoms with Crippen molar-refractivity contribution < 1.29 is 31.7 Å². The Balaban J connectivity index is 1.99. The van der Waals surface area contributed by atoms with Crippen molar-refractivity contribution in [3.8, 4) is 17.2 Å². The van der Waals surface area contributed by atoms with Gasteiger partial charge >= 0.3 is 7.12 Å². The van der Waals surface area contributed by atoms with Crippen LogP contribution in [0.5, 0.6) is 5.88 Å². The first-order valence-corrected chi connectivity index (χ1v) is 13.2. The van der Waals surface area contributed by atoms with Crippen LogP contribution in [0.25, 0.3) is 22.3 Å². The highest BCUT2D eigenvalue weighted by Crippen LogP contribution is 2.39. The third-order valence-corrected chi connectivity index (χ3v) is 7.96. The minimum atomic E-state index is -3.64. The van der Waals surface area contributed by atoms with Gasteiger partial charge in [0.1, 0.15) is 11.3 Å². The first-order valence-electron chi connectivity index (χ1n) is 11.5. The smallest absolute Gasteiger partial charge is 0.481 e. The average Bonchev–Trinajstić information content (AvgIpc) is 3.30. The molecule has 1 aromatic carbocycles. The van der Waals surface area contributed by atoms with Gasteiger partial charge in [0.2, 0.25) is 15.9 Å². The fourth-order valence-electron chi connectivity index (χ4n) is 3.87. The van der Waals surface area contributed by atoms with E-state index in [1.807, 2.05) is 27.7 Å². The number of rotatable bonds is 7. The predicted octanol–water partition coefficient (Wildman–Crippen LogP) is 2.92. The molecule has 0 bridgehead atoms. The molecule has 0 radical (unpaired) electrons. The topological polar surface area (TPSA) is 129 Å². The first kappa shape index (κ1) is 26.0. The summed E-state index contributed by atoms with van der Waals surface area (Å²) in [5.41, 5.74) is 0.529. The lowest BCUT2D eigenvalue weighted by atomic mass is 9.77. The van der Waals surface area contributed by atoms with Crippen molar-refractivity contribution in [3.05, 3.63) is 36.0 Å². The molecule has 1 saturated heterocycles. The number of nitrogens with zero attached hydrogens (tertiary/aromatic N) is 1. The molecule has 0 spiro atoms. The van der Waals surface area contributed by atoms with Crippen LogP contribution in [0, 0.1) is 0 Å². The van der Waals surface area contributed by atoms with E-state index in [9.17, 15) is 13.2 Å². The minimum absolute atomic E-state index is 0.127. The fraction of sp³-hybridized carbons (Fsp3) is 0.417. The van der Waals surface area contributed by atoms with Crippen molar-refractivity contribution in [1.29, 1.82) is 0 Å². The standard InChI is InChI=1S/C24H30BN3O7S/c1-8-36(30,31)28-17-13-18-15(12-16(17)25-34-23(2,3)24(4,5)35-25)20(22(29)26-6)21(33-18)14-9-10-27-19(11-14)32-7/h9-13,28H,8H2,1-7H3,(H,26,29). The summed E-state index contributed by atoms with van der Waals surface area (Å²) in [6.45, 7) is 9.17. The lowest BCUT2D eigenvalue weighted by molar-refractivity contribution is 0.00578. The molecule has 0 aliphatic carbocycles. The van der Waals surface area contributed by atoms with E-state index >= 15 is 0 Å². The predicted molar refractivity (Wildman–Crippen MR) is 138 cm³/mol. The van der Waals surface area contributed by atoms with Gasteiger partial charge in [-0.3, -0.25) is 9.52 Å². The highest BCUT2D eigenvalue weighted by molar-refractivity contribution is 7.92. The number of carbonyl (C=O) groups excluding carboxylic acids is 1. The Bertz CT molecular complexity index is 1420. The van der Waals surface area contributed by atoms with E-state index < -0.39 is 28.3 Å². The Morgan fingerprint density at radius 3 is 2.39 bits per heavy atom. The summed E-state index contributed by atoms with van der Waals surface area (Å²) < 4.78 is 51.5. The number of nitrogens with one attached hydrogen (secondary N) is 2. The number of aromatic nitrogens is 1. The van der Waals surface area contributed by atoms with E-state index in [0.717, 1.165) is 0 Å². The number of pyridine rings is 1. The fourth-order valence-corrected chi connectivity index (χ4v) is 4.52. The number of hydrogen-bond donors (Lipinski definition) is 2. The molecule has 192 valence electrons. The van der Waals surface area contributed by atoms with Gasteiger partial charge in [-0.1, -0.05) is 0 Å². The molecule has 0 atom stereocenters. The van der Waals surface area contributed by atoms with Crippen molar-refractivity contribution in [2.24, 2.45) is 0 Å². The van der Waals surface area contributed by atoms with Gasteiger partial charge < -0.3 is 23.8 Å². The van der Waals surface area contributed by atoms with Crippen LogP contribution in [0.3, 0.4) is 0 Å². The summed E-state index contributed by atoms with van der Waals surface area (Å²) in [6.07, 6.45) is 1.55. The van der Waals surface area contributed by atoms with Crippen LogP contribution in [0.1, 0.15) is 45.0 Å². The molecular formula is C24H30BN3O7S. The molecule has 1 amide bonds. The Kier molecular flexibility index (Phi) is 6.57. The van der Waals surface area contributed by atoms with Crippen LogP contribution in [-0.2, 0) is 19.3 Å². The minimum Gasteiger partial charge on any atom is -0.481 e. The molecular weight excluding hydrogens is 485 g/mol. The summed E-state index contributed by atoms with van der Waals surface area (Å²) in [6, 6.07) is 6.58. The quantitative estimate of drug-likeness (QED) is 0.460. The van der Waals surface area contributed by atoms with E-state index in [-0.39, 0.29) is 22.9 Å². The molecule has 1 aliphatic heterocycles. The Morgan fingerprint density at radius 1 is 1.14 bits per heavy atom. The summed E-state index contributed by atoms with van der Waals surface area (Å²) in [5.74, 6) is 0.143. The second-order valence-electron chi connectivity index (χ2n) is 9.50. The normalized spacial score (nSPS) is 16.8. The molecule has 10 nitrogen and oxygen atoms in total. The van der Waals surface area contributed by atoms with Gasteiger partial charge in [0.25, 0.3) is 5.91 Å². The highest BCUT2D eigenvalue weighted by atomic mass is 32.2. The van der Waals surface area contributed by atoms with E-state index in [0.29, 0.717) is 33.6 Å². The molecule has 0 unspecified atom stereocenters. The Labute approximate surface area is 210 Å². The number of furan rings is 1. The molecule has 1 fully saturated rings. The monoisotopic (exact) mass is 515 g/mol. The number of hydrogen-bond acceptors (Lipinski definition) is 8. The van der Waals surface area contributed by atoms with Crippen molar-refractivity contribution in [2.75, 3.05) is 24.6 Å². The number of sulfonamides is 1. The van der Waals surface area contributed by atoms with Crippen molar-refractivity contribution in [3.63, 3.8) is 0 Å². The van der Waals surface area contributed by atoms with E-state index in [4.69, 9.17) is 18.5 Å². The number of methoxy groups -OCH3 is 1. The molecule has 0 saturated carbocycles. The molecule has 3 heterocycles. The summed E-state index contributed by atoms with van der Waals surface area (Å²) in [7, 11) is -1.51. The van der Waals surface area contributed by atoms with Crippen LogP contribution in [0.2, 0.25) is 0 Å². The van der Waals surface area contributed by atoms with Crippen LogP contribution in [0.15, 0.2) is 34.9 Å². The molecule has 12 heteroatoms. The van der Waals surface area contributed by atoms with Gasteiger partial charge in [0.05, 0.1) is 35.3 Å². The number of fused-ring (bicyclic) bond motifs is 1. The van der Waals surface area contributed by atoms with Crippen LogP contribution in [-0.4, -0.2) is 57.5 Å². The van der Waals surface area contributed by atoms with Crippen LogP contribution >= 0.6 is 0 Å². The first-order chi connectivity index (χ1) is 16.8. The third kappa shape index (κ3) is 4.56. The van der Waals surface area contributed by atoms with E-state index in [2.05, 4.69) is 15.0 Å². The lowest BCUT2D eigenvalue weighted by Crippen LogP contribution is -2.41. The second kappa shape index (κ2) is 9.09. The number of amides is 1. The van der Waals surface area contributed by atoms with Crippen molar-refractivity contribution >= 4 is 45.2 Å². The molecule has 2 aromatic heterocycles. The third-order valence-electron chi connectivity index (χ3n) is 6.67. The zero-order chi connectivity index (χ0) is 26.5. The molecule has 36 heavy (non-hydrogen) atoms. The summed E-state index contributed by atoms with van der Waals surface area (Å²) in [4.78, 5) is 17.2. The van der Waals surface area contributed by atoms with Gasteiger partial charge in [-0.05, 0) is 46.8 Å². The van der Waals surface area contributed by atoms with Crippen molar-refractivity contribution in [2.45, 2.75) is 45.8 Å². The summed E-state index contributed by atoms with van der Waals surface area (Å²) >= 11 is 0. The number of benzene rings is 1. The van der Waals surface area contributed by atoms with Crippen molar-refractivity contribution in [1.82, 2.24) is 10.3 Å². The average molecular weight is 515 g/mol. The maximum Gasteiger partial charge on any atom is 0.497 e. The molecule has 1 aliphatic rings. The van der Waals surface area contributed by atoms with Gasteiger partial charge in [0, 0.05) is 41.8 Å². The van der Waals surface area contributed by atoms with Crippen LogP contribution < -0.4 is 20.2 Å². The summed E-state index contributed by atoms with van der Waals surface area (Å²) in [5, 5.41) is 3.13. The van der Waals surface area contributed by atoms with Gasteiger partial charge in [-0.25, -0.2) is 13.4 Å². The number of carbonyl (C=O) groups is 1. The maximum atomic E-state index is 13.0. The number of ether oxygens (including phenoxy) is 1. The second-order valence-corrected chi connectivity index (χ2v) is 11.5. The Hall–Kier alpha value is -3.09. The Morgan fingerprint density at radius 2 is 1.81 bits per heavy atom. The molecule has 2 N–H and O–H groups in total. The highest BCUT2D eigenvalue weighted by Gasteiger charge is 2.52. The SMILES string of the molecule is CCS(=O)(=O)Nc1cc2oc(-c3ccnc(OC)c3)c(C(=O)NC)c2cc1B1OC(C)(C)C(C)(C)O1. The maximum absolute atomic E-state index is 13.0. The van der Waals surface area contributed by atoms with Gasteiger partial charge in [-0.2, -0.15) is 0 Å². The zero-order valence-electron chi connectivity index (χ0n) is 21.4. The van der Waals surface area contributed by atoms with E-state index in [1.165, 1.54) is 14.2 Å². The van der Waals surface area contributed by atoms with Gasteiger partial charge in [0.15, 0.2) is 0 Å². The molecule has 4 rings (SSSR count). The van der Waals surface area contributed by atoms with E-state index in [1.54, 1.807) is 37.4 Å². The molecule has 3 aromatic rings. The lowest BCUT2D eigenvalue weighted by Gasteiger charge is -2.32. The van der Waals surface area contributed by atoms with Crippen LogP contribution in [0.4, 0.5) is 5.69 Å². The number of anilines is 1.